The summed E-state index contributed by atoms with van der Waals surface area (Å²) in [6.07, 6.45) is 11.9. The van der Waals surface area contributed by atoms with Gasteiger partial charge in [-0.15, -0.1) is 0 Å². The summed E-state index contributed by atoms with van der Waals surface area (Å²) in [6.45, 7) is 18.9. The third-order valence-electron chi connectivity index (χ3n) is 6.38. The van der Waals surface area contributed by atoms with Crippen LogP contribution in [0.15, 0.2) is 12.2 Å². The van der Waals surface area contributed by atoms with Gasteiger partial charge in [0.05, 0.1) is 0 Å². The number of hydrogen-bond donors (Lipinski definition) is 1. The summed E-state index contributed by atoms with van der Waals surface area (Å²) in [6, 6.07) is 0. The van der Waals surface area contributed by atoms with Gasteiger partial charge in [0.2, 0.25) is 0 Å². The molecule has 0 aliphatic rings. The second-order valence-corrected chi connectivity index (χ2v) is 28.2. The zero-order valence-corrected chi connectivity index (χ0v) is 23.0. The molecular formula is C22H48O2SiSn. The number of hydrogen-bond acceptors (Lipinski definition) is 2. The third kappa shape index (κ3) is 9.25. The summed E-state index contributed by atoms with van der Waals surface area (Å²) in [5.74, 6) is 0. The van der Waals surface area contributed by atoms with Gasteiger partial charge in [-0.25, -0.2) is 0 Å². The van der Waals surface area contributed by atoms with Crippen LogP contribution in [0.2, 0.25) is 31.4 Å². The summed E-state index contributed by atoms with van der Waals surface area (Å²) in [4.78, 5) is 0. The zero-order chi connectivity index (χ0) is 20.3. The molecule has 0 heterocycles. The summed E-state index contributed by atoms with van der Waals surface area (Å²) < 4.78 is 10.2. The molecule has 0 spiro atoms. The van der Waals surface area contributed by atoms with Crippen molar-refractivity contribution in [2.45, 2.75) is 116 Å². The Morgan fingerprint density at radius 3 is 1.69 bits per heavy atom. The maximum absolute atomic E-state index is 11.2. The summed E-state index contributed by atoms with van der Waals surface area (Å²) in [5.41, 5.74) is 0. The average Bonchev–Trinajstić information content (AvgIpc) is 2.57. The molecule has 1 N–H and O–H groups in total. The molecule has 0 aliphatic carbocycles. The van der Waals surface area contributed by atoms with E-state index in [4.69, 9.17) is 4.43 Å². The summed E-state index contributed by atoms with van der Waals surface area (Å²) in [5, 5.41) is 11.4. The Hall–Kier alpha value is 0.676. The molecule has 0 fully saturated rings. The van der Waals surface area contributed by atoms with Crippen LogP contribution in [0.4, 0.5) is 0 Å². The summed E-state index contributed by atoms with van der Waals surface area (Å²) in [7, 11) is -1.70. The van der Waals surface area contributed by atoms with Crippen LogP contribution >= 0.6 is 0 Å². The standard InChI is InChI=1S/C10H21O2Si.3C4H9.Sn/c1-10(2,3)13(4,5)12-9-7-6-8-11;3*1-3-4-2;/h6-8,11H,9H2,1-5H3;3*1,3-4H2,2H3;/b7-6+;;;;. The van der Waals surface area contributed by atoms with Gasteiger partial charge in [-0.05, 0) is 0 Å². The van der Waals surface area contributed by atoms with Gasteiger partial charge in [0.25, 0.3) is 0 Å². The molecule has 156 valence electrons. The molecule has 4 heteroatoms. The van der Waals surface area contributed by atoms with Crippen molar-refractivity contribution >= 4 is 26.7 Å². The Labute approximate surface area is 170 Å². The molecule has 1 atom stereocenters. The van der Waals surface area contributed by atoms with Gasteiger partial charge >= 0.3 is 171 Å². The van der Waals surface area contributed by atoms with E-state index in [1.807, 2.05) is 0 Å². The van der Waals surface area contributed by atoms with Crippen molar-refractivity contribution in [3.8, 4) is 0 Å². The number of unbranched alkanes of at least 4 members (excludes halogenated alkanes) is 3. The minimum absolute atomic E-state index is 0.142. The Balaban J connectivity index is 5.04. The molecule has 0 rings (SSSR count). The van der Waals surface area contributed by atoms with Gasteiger partial charge in [-0.3, -0.25) is 0 Å². The van der Waals surface area contributed by atoms with Gasteiger partial charge in [0.1, 0.15) is 0 Å². The van der Waals surface area contributed by atoms with E-state index in [0.717, 1.165) is 0 Å². The SMILES string of the molecule is CCC[CH2][Sn]([CH2]CCC)([CH2]CCC)[CH](O)/C=C/CO[Si](C)(C)C(C)(C)C. The van der Waals surface area contributed by atoms with Crippen LogP contribution in [0.5, 0.6) is 0 Å². The molecule has 0 aromatic rings. The van der Waals surface area contributed by atoms with Crippen molar-refractivity contribution < 1.29 is 9.53 Å². The summed E-state index contributed by atoms with van der Waals surface area (Å²) >= 11 is -2.55. The van der Waals surface area contributed by atoms with Crippen LogP contribution in [0.1, 0.15) is 80.1 Å². The molecule has 0 aliphatic heterocycles. The second-order valence-electron chi connectivity index (χ2n) is 9.62. The Kier molecular flexibility index (Phi) is 13.3. The fraction of sp³-hybridized carbons (Fsp3) is 0.909. The number of aliphatic hydroxyl groups is 1. The molecule has 0 bridgehead atoms. The molecule has 0 saturated carbocycles. The quantitative estimate of drug-likeness (QED) is 0.204. The monoisotopic (exact) mass is 492 g/mol. The van der Waals surface area contributed by atoms with E-state index in [0.29, 0.717) is 6.61 Å². The van der Waals surface area contributed by atoms with Crippen LogP contribution in [0.25, 0.3) is 0 Å². The first kappa shape index (κ1) is 26.7. The third-order valence-corrected chi connectivity index (χ3v) is 26.6. The first-order valence-electron chi connectivity index (χ1n) is 11.0. The van der Waals surface area contributed by atoms with Gasteiger partial charge in [0.15, 0.2) is 0 Å². The first-order valence-corrected chi connectivity index (χ1v) is 21.7. The van der Waals surface area contributed by atoms with Crippen molar-refractivity contribution in [1.82, 2.24) is 0 Å². The van der Waals surface area contributed by atoms with E-state index in [2.05, 4.69) is 66.8 Å². The van der Waals surface area contributed by atoms with E-state index in [9.17, 15) is 5.11 Å². The molecule has 0 amide bonds. The van der Waals surface area contributed by atoms with E-state index >= 15 is 0 Å². The normalized spacial score (nSPS) is 15.0. The molecule has 0 aromatic carbocycles. The number of aliphatic hydroxyl groups excluding tert-OH is 1. The molecule has 26 heavy (non-hydrogen) atoms. The Morgan fingerprint density at radius 2 is 1.35 bits per heavy atom. The van der Waals surface area contributed by atoms with Crippen molar-refractivity contribution in [3.63, 3.8) is 0 Å². The fourth-order valence-corrected chi connectivity index (χ4v) is 19.5. The van der Waals surface area contributed by atoms with Gasteiger partial charge in [-0.2, -0.15) is 0 Å². The van der Waals surface area contributed by atoms with Gasteiger partial charge in [0, 0.05) is 0 Å². The van der Waals surface area contributed by atoms with Crippen molar-refractivity contribution in [1.29, 1.82) is 0 Å². The molecule has 1 unspecified atom stereocenters. The minimum atomic E-state index is -2.55. The number of rotatable bonds is 14. The predicted octanol–water partition coefficient (Wildman–Crippen LogP) is 7.31. The second kappa shape index (κ2) is 13.0. The van der Waals surface area contributed by atoms with Crippen LogP contribution in [0.3, 0.4) is 0 Å². The predicted molar refractivity (Wildman–Crippen MR) is 123 cm³/mol. The zero-order valence-electron chi connectivity index (χ0n) is 19.2. The molecule has 2 nitrogen and oxygen atoms in total. The van der Waals surface area contributed by atoms with E-state index in [1.54, 1.807) is 0 Å². The Morgan fingerprint density at radius 1 is 0.923 bits per heavy atom. The van der Waals surface area contributed by atoms with Crippen LogP contribution in [0, 0.1) is 0 Å². The van der Waals surface area contributed by atoms with Crippen LogP contribution in [-0.2, 0) is 4.43 Å². The van der Waals surface area contributed by atoms with Crippen molar-refractivity contribution in [2.24, 2.45) is 0 Å². The van der Waals surface area contributed by atoms with Gasteiger partial charge in [-0.1, -0.05) is 0 Å². The van der Waals surface area contributed by atoms with E-state index in [1.165, 1.54) is 51.8 Å². The van der Waals surface area contributed by atoms with Crippen molar-refractivity contribution in [3.05, 3.63) is 12.2 Å². The fourth-order valence-electron chi connectivity index (χ4n) is 3.27. The van der Waals surface area contributed by atoms with Crippen LogP contribution in [-0.4, -0.2) is 42.5 Å². The molecular weight excluding hydrogens is 443 g/mol. The maximum atomic E-state index is 11.2. The topological polar surface area (TPSA) is 29.5 Å². The van der Waals surface area contributed by atoms with Crippen molar-refractivity contribution in [2.75, 3.05) is 6.61 Å². The average molecular weight is 491 g/mol. The molecule has 0 aromatic heterocycles. The van der Waals surface area contributed by atoms with E-state index < -0.39 is 26.7 Å². The Bertz CT molecular complexity index is 366. The molecule has 0 saturated heterocycles. The molecule has 0 radical (unpaired) electrons. The van der Waals surface area contributed by atoms with Crippen LogP contribution < -0.4 is 0 Å². The van der Waals surface area contributed by atoms with E-state index in [-0.39, 0.29) is 9.16 Å². The van der Waals surface area contributed by atoms with Gasteiger partial charge < -0.3 is 0 Å². The first-order chi connectivity index (χ1) is 12.1.